The van der Waals surface area contributed by atoms with Gasteiger partial charge in [0, 0.05) is 11.6 Å². The van der Waals surface area contributed by atoms with E-state index in [4.69, 9.17) is 18.9 Å². The summed E-state index contributed by atoms with van der Waals surface area (Å²) in [5, 5.41) is 2.80. The number of ether oxygens (including phenoxy) is 4. The zero-order chi connectivity index (χ0) is 17.7. The number of halogens is 1. The van der Waals surface area contributed by atoms with Crippen LogP contribution in [0.25, 0.3) is 0 Å². The molecule has 0 saturated heterocycles. The van der Waals surface area contributed by atoms with E-state index in [1.54, 1.807) is 37.4 Å². The molecule has 0 radical (unpaired) electrons. The minimum atomic E-state index is -0.328. The van der Waals surface area contributed by atoms with Crippen molar-refractivity contribution >= 4 is 27.5 Å². The molecule has 0 unspecified atom stereocenters. The van der Waals surface area contributed by atoms with E-state index >= 15 is 0 Å². The predicted octanol–water partition coefficient (Wildman–Crippen LogP) is 3.74. The number of hydrogen-bond acceptors (Lipinski definition) is 5. The molecule has 0 fully saturated rings. The molecule has 6 nitrogen and oxygen atoms in total. The van der Waals surface area contributed by atoms with Crippen LogP contribution in [0.2, 0.25) is 0 Å². The SMILES string of the molecule is COc1ccc(OC)c(NC(=O)c2cc(OC)c(Br)c(OC)c2)c1. The molecule has 0 saturated carbocycles. The Balaban J connectivity index is 2.36. The molecule has 0 bridgehead atoms. The van der Waals surface area contributed by atoms with Gasteiger partial charge in [0.25, 0.3) is 5.91 Å². The Morgan fingerprint density at radius 3 is 1.96 bits per heavy atom. The third kappa shape index (κ3) is 3.73. The summed E-state index contributed by atoms with van der Waals surface area (Å²) in [6.07, 6.45) is 0. The van der Waals surface area contributed by atoms with E-state index in [9.17, 15) is 4.79 Å². The maximum atomic E-state index is 12.6. The van der Waals surface area contributed by atoms with E-state index in [-0.39, 0.29) is 5.91 Å². The molecule has 0 aromatic heterocycles. The highest BCUT2D eigenvalue weighted by Crippen LogP contribution is 2.36. The number of nitrogens with one attached hydrogen (secondary N) is 1. The van der Waals surface area contributed by atoms with Gasteiger partial charge in [-0.2, -0.15) is 0 Å². The number of carbonyl (C=O) groups is 1. The molecule has 2 aromatic carbocycles. The second-order valence-corrected chi connectivity index (χ2v) is 5.51. The topological polar surface area (TPSA) is 66.0 Å². The molecule has 0 aliphatic rings. The lowest BCUT2D eigenvalue weighted by Crippen LogP contribution is -2.13. The summed E-state index contributed by atoms with van der Waals surface area (Å²) in [6, 6.07) is 8.39. The van der Waals surface area contributed by atoms with Crippen LogP contribution in [0.3, 0.4) is 0 Å². The summed E-state index contributed by atoms with van der Waals surface area (Å²) in [4.78, 5) is 12.6. The van der Waals surface area contributed by atoms with Gasteiger partial charge in [0.15, 0.2) is 0 Å². The maximum Gasteiger partial charge on any atom is 0.256 e. The van der Waals surface area contributed by atoms with Crippen LogP contribution in [0, 0.1) is 0 Å². The van der Waals surface area contributed by atoms with E-state index < -0.39 is 0 Å². The van der Waals surface area contributed by atoms with Crippen LogP contribution in [0.1, 0.15) is 10.4 Å². The van der Waals surface area contributed by atoms with Crippen LogP contribution >= 0.6 is 15.9 Å². The highest BCUT2D eigenvalue weighted by molar-refractivity contribution is 9.10. The third-order valence-corrected chi connectivity index (χ3v) is 4.14. The number of amides is 1. The average molecular weight is 396 g/mol. The Bertz CT molecular complexity index is 723. The molecule has 1 amide bonds. The summed E-state index contributed by atoms with van der Waals surface area (Å²) in [6.45, 7) is 0. The van der Waals surface area contributed by atoms with Crippen molar-refractivity contribution in [2.24, 2.45) is 0 Å². The molecule has 7 heteroatoms. The first-order chi connectivity index (χ1) is 11.5. The first-order valence-corrected chi connectivity index (χ1v) is 7.78. The largest absolute Gasteiger partial charge is 0.497 e. The van der Waals surface area contributed by atoms with Gasteiger partial charge >= 0.3 is 0 Å². The minimum Gasteiger partial charge on any atom is -0.497 e. The van der Waals surface area contributed by atoms with E-state index in [2.05, 4.69) is 21.2 Å². The summed E-state index contributed by atoms with van der Waals surface area (Å²) in [5.41, 5.74) is 0.888. The lowest BCUT2D eigenvalue weighted by atomic mass is 10.1. The quantitative estimate of drug-likeness (QED) is 0.806. The zero-order valence-electron chi connectivity index (χ0n) is 13.8. The third-order valence-electron chi connectivity index (χ3n) is 3.36. The summed E-state index contributed by atoms with van der Waals surface area (Å²) >= 11 is 3.38. The molecule has 24 heavy (non-hydrogen) atoms. The molecule has 2 rings (SSSR count). The van der Waals surface area contributed by atoms with Gasteiger partial charge in [-0.15, -0.1) is 0 Å². The molecule has 0 aliphatic heterocycles. The Labute approximate surface area is 148 Å². The van der Waals surface area contributed by atoms with Crippen LogP contribution in [-0.2, 0) is 0 Å². The number of methoxy groups -OCH3 is 4. The first-order valence-electron chi connectivity index (χ1n) is 6.99. The number of anilines is 1. The summed E-state index contributed by atoms with van der Waals surface area (Å²) in [5.74, 6) is 1.80. The van der Waals surface area contributed by atoms with Crippen LogP contribution in [0.15, 0.2) is 34.8 Å². The van der Waals surface area contributed by atoms with Gasteiger partial charge in [0.05, 0.1) is 34.1 Å². The van der Waals surface area contributed by atoms with Gasteiger partial charge < -0.3 is 24.3 Å². The second-order valence-electron chi connectivity index (χ2n) is 4.72. The Morgan fingerprint density at radius 1 is 0.875 bits per heavy atom. The molecular weight excluding hydrogens is 378 g/mol. The van der Waals surface area contributed by atoms with Crippen molar-refractivity contribution in [2.45, 2.75) is 0 Å². The predicted molar refractivity (Wildman–Crippen MR) is 94.7 cm³/mol. The summed E-state index contributed by atoms with van der Waals surface area (Å²) < 4.78 is 21.6. The van der Waals surface area contributed by atoms with Crippen molar-refractivity contribution in [1.82, 2.24) is 0 Å². The van der Waals surface area contributed by atoms with Crippen LogP contribution in [0.4, 0.5) is 5.69 Å². The normalized spacial score (nSPS) is 10.0. The van der Waals surface area contributed by atoms with E-state index in [1.165, 1.54) is 21.3 Å². The molecule has 128 valence electrons. The maximum absolute atomic E-state index is 12.6. The Morgan fingerprint density at radius 2 is 1.46 bits per heavy atom. The van der Waals surface area contributed by atoms with Crippen LogP contribution < -0.4 is 24.3 Å². The van der Waals surface area contributed by atoms with E-state index in [0.717, 1.165) is 0 Å². The second kappa shape index (κ2) is 7.92. The molecule has 0 atom stereocenters. The Kier molecular flexibility index (Phi) is 5.92. The van der Waals surface area contributed by atoms with E-state index in [0.29, 0.717) is 38.7 Å². The molecule has 0 heterocycles. The van der Waals surface area contributed by atoms with Gasteiger partial charge in [-0.25, -0.2) is 0 Å². The van der Waals surface area contributed by atoms with Crippen molar-refractivity contribution in [1.29, 1.82) is 0 Å². The molecule has 0 spiro atoms. The summed E-state index contributed by atoms with van der Waals surface area (Å²) in [7, 11) is 6.12. The molecule has 0 aliphatic carbocycles. The lowest BCUT2D eigenvalue weighted by molar-refractivity contribution is 0.102. The molecule has 1 N–H and O–H groups in total. The van der Waals surface area contributed by atoms with E-state index in [1.807, 2.05) is 0 Å². The number of hydrogen-bond donors (Lipinski definition) is 1. The van der Waals surface area contributed by atoms with Crippen LogP contribution in [-0.4, -0.2) is 34.3 Å². The number of carbonyl (C=O) groups excluding carboxylic acids is 1. The van der Waals surface area contributed by atoms with Gasteiger partial charge in [-0.05, 0) is 40.2 Å². The van der Waals surface area contributed by atoms with Crippen molar-refractivity contribution < 1.29 is 23.7 Å². The molecule has 2 aromatic rings. The smallest absolute Gasteiger partial charge is 0.256 e. The first kappa shape index (κ1) is 17.9. The van der Waals surface area contributed by atoms with Crippen molar-refractivity contribution in [2.75, 3.05) is 33.8 Å². The van der Waals surface area contributed by atoms with Gasteiger partial charge in [0.2, 0.25) is 0 Å². The van der Waals surface area contributed by atoms with Gasteiger partial charge in [0.1, 0.15) is 27.5 Å². The zero-order valence-corrected chi connectivity index (χ0v) is 15.4. The fraction of sp³-hybridized carbons (Fsp3) is 0.235. The molecular formula is C17H18BrNO5. The lowest BCUT2D eigenvalue weighted by Gasteiger charge is -2.14. The number of rotatable bonds is 6. The fourth-order valence-electron chi connectivity index (χ4n) is 2.11. The fourth-order valence-corrected chi connectivity index (χ4v) is 2.66. The van der Waals surface area contributed by atoms with Crippen molar-refractivity contribution in [3.8, 4) is 23.0 Å². The standard InChI is InChI=1S/C17H18BrNO5/c1-21-11-5-6-13(22-2)12(9-11)19-17(20)10-7-14(23-3)16(18)15(8-10)24-4/h5-9H,1-4H3,(H,19,20). The monoisotopic (exact) mass is 395 g/mol. The average Bonchev–Trinajstić information content (AvgIpc) is 2.61. The van der Waals surface area contributed by atoms with Gasteiger partial charge in [-0.3, -0.25) is 4.79 Å². The van der Waals surface area contributed by atoms with Crippen LogP contribution in [0.5, 0.6) is 23.0 Å². The Hall–Kier alpha value is -2.41. The highest BCUT2D eigenvalue weighted by Gasteiger charge is 2.16. The van der Waals surface area contributed by atoms with Gasteiger partial charge in [-0.1, -0.05) is 0 Å². The highest BCUT2D eigenvalue weighted by atomic mass is 79.9. The van der Waals surface area contributed by atoms with Crippen molar-refractivity contribution in [3.05, 3.63) is 40.4 Å². The van der Waals surface area contributed by atoms with Crippen molar-refractivity contribution in [3.63, 3.8) is 0 Å². The number of benzene rings is 2. The minimum absolute atomic E-state index is 0.328.